The van der Waals surface area contributed by atoms with Crippen molar-refractivity contribution in [3.63, 3.8) is 0 Å². The lowest BCUT2D eigenvalue weighted by molar-refractivity contribution is -0.165. The molecule has 0 unspecified atom stereocenters. The number of amides is 2. The van der Waals surface area contributed by atoms with Crippen LogP contribution < -0.4 is 0 Å². The van der Waals surface area contributed by atoms with Crippen LogP contribution in [-0.4, -0.2) is 94.1 Å². The Morgan fingerprint density at radius 2 is 1.87 bits per heavy atom. The highest BCUT2D eigenvalue weighted by Gasteiger charge is 2.53. The van der Waals surface area contributed by atoms with E-state index < -0.39 is 0 Å². The van der Waals surface area contributed by atoms with Crippen molar-refractivity contribution in [3.05, 3.63) is 18.7 Å². The van der Waals surface area contributed by atoms with Gasteiger partial charge in [-0.15, -0.1) is 0 Å². The average Bonchev–Trinajstić information content (AvgIpc) is 3.50. The van der Waals surface area contributed by atoms with Gasteiger partial charge in [-0.05, 0) is 25.2 Å². The standard InChI is InChI=1S/C23H33N5O3/c29-21-3-1-2-20-16-8-17(10-26(9-16)7-6-25-5-4-24-15-25)22(28(20)21)23(30)27-11-18-13-31-14-19(18)12-27/h4-5,15-20,22H,1-3,6-14H2/t16-,17+,18-,19+,20-,22+/m0/s1. The molecular weight excluding hydrogens is 394 g/mol. The third-order valence-electron chi connectivity index (χ3n) is 8.46. The van der Waals surface area contributed by atoms with E-state index in [0.29, 0.717) is 24.2 Å². The second-order valence-corrected chi connectivity index (χ2v) is 10.3. The van der Waals surface area contributed by atoms with Crippen LogP contribution in [-0.2, 0) is 20.9 Å². The summed E-state index contributed by atoms with van der Waals surface area (Å²) in [6.45, 7) is 6.97. The Balaban J connectivity index is 1.22. The number of carbonyl (C=O) groups is 2. The van der Waals surface area contributed by atoms with Crippen LogP contribution in [0.25, 0.3) is 0 Å². The summed E-state index contributed by atoms with van der Waals surface area (Å²) in [6.07, 6.45) is 9.38. The summed E-state index contributed by atoms with van der Waals surface area (Å²) in [7, 11) is 0. The summed E-state index contributed by atoms with van der Waals surface area (Å²) >= 11 is 0. The van der Waals surface area contributed by atoms with Crippen molar-refractivity contribution in [1.82, 2.24) is 24.3 Å². The van der Waals surface area contributed by atoms with Crippen molar-refractivity contribution in [1.29, 1.82) is 0 Å². The van der Waals surface area contributed by atoms with Gasteiger partial charge in [-0.1, -0.05) is 0 Å². The predicted molar refractivity (Wildman–Crippen MR) is 113 cm³/mol. The average molecular weight is 428 g/mol. The minimum atomic E-state index is -0.273. The third kappa shape index (κ3) is 3.48. The van der Waals surface area contributed by atoms with Crippen LogP contribution in [0, 0.1) is 23.7 Å². The van der Waals surface area contributed by atoms with Gasteiger partial charge in [0.25, 0.3) is 0 Å². The van der Waals surface area contributed by atoms with Gasteiger partial charge in [-0.25, -0.2) is 4.98 Å². The predicted octanol–water partition coefficient (Wildman–Crippen LogP) is 0.689. The fourth-order valence-corrected chi connectivity index (χ4v) is 6.98. The Morgan fingerprint density at radius 3 is 2.65 bits per heavy atom. The molecule has 1 aromatic rings. The summed E-state index contributed by atoms with van der Waals surface area (Å²) < 4.78 is 7.73. The largest absolute Gasteiger partial charge is 0.381 e. The van der Waals surface area contributed by atoms with Gasteiger partial charge in [-0.2, -0.15) is 0 Å². The van der Waals surface area contributed by atoms with E-state index in [4.69, 9.17) is 4.74 Å². The van der Waals surface area contributed by atoms with E-state index >= 15 is 0 Å². The Hall–Kier alpha value is -1.93. The van der Waals surface area contributed by atoms with Crippen LogP contribution in [0.2, 0.25) is 0 Å². The highest BCUT2D eigenvalue weighted by molar-refractivity contribution is 5.89. The third-order valence-corrected chi connectivity index (χ3v) is 8.46. The van der Waals surface area contributed by atoms with Crippen molar-refractivity contribution in [3.8, 4) is 0 Å². The van der Waals surface area contributed by atoms with E-state index in [0.717, 1.165) is 71.7 Å². The van der Waals surface area contributed by atoms with Gasteiger partial charge < -0.3 is 24.0 Å². The molecule has 5 aliphatic heterocycles. The Morgan fingerprint density at radius 1 is 1.06 bits per heavy atom. The van der Waals surface area contributed by atoms with Crippen LogP contribution >= 0.6 is 0 Å². The monoisotopic (exact) mass is 427 g/mol. The van der Waals surface area contributed by atoms with Crippen molar-refractivity contribution in [2.24, 2.45) is 23.7 Å². The van der Waals surface area contributed by atoms with E-state index in [1.54, 1.807) is 0 Å². The van der Waals surface area contributed by atoms with Gasteiger partial charge >= 0.3 is 0 Å². The zero-order valence-electron chi connectivity index (χ0n) is 18.1. The maximum atomic E-state index is 13.8. The summed E-state index contributed by atoms with van der Waals surface area (Å²) in [6, 6.07) is -0.0437. The second kappa shape index (κ2) is 7.89. The first-order valence-corrected chi connectivity index (χ1v) is 12.0. The molecule has 5 saturated heterocycles. The molecule has 5 aliphatic rings. The van der Waals surface area contributed by atoms with Crippen molar-refractivity contribution in [2.75, 3.05) is 45.9 Å². The van der Waals surface area contributed by atoms with Gasteiger partial charge in [0, 0.05) is 81.9 Å². The van der Waals surface area contributed by atoms with Gasteiger partial charge in [-0.3, -0.25) is 9.59 Å². The molecular formula is C23H33N5O3. The van der Waals surface area contributed by atoms with Crippen LogP contribution in [0.15, 0.2) is 18.7 Å². The Bertz CT molecular complexity index is 817. The van der Waals surface area contributed by atoms with Crippen LogP contribution in [0.1, 0.15) is 25.7 Å². The number of carbonyl (C=O) groups excluding carboxylic acids is 2. The quantitative estimate of drug-likeness (QED) is 0.707. The van der Waals surface area contributed by atoms with E-state index in [2.05, 4.69) is 24.3 Å². The number of rotatable bonds is 4. The SMILES string of the molecule is O=C([C@H]1[C@@H]2C[C@@H](CN(CCn3ccnc3)C2)[C@@H]2CCCC(=O)N21)N1C[C@H]2COC[C@H]2C1. The molecule has 8 heteroatoms. The molecule has 5 fully saturated rings. The van der Waals surface area contributed by atoms with Crippen LogP contribution in [0.3, 0.4) is 0 Å². The first kappa shape index (κ1) is 19.7. The Kier molecular flexibility index (Phi) is 5.02. The fraction of sp³-hybridized carbons (Fsp3) is 0.783. The number of nitrogens with zero attached hydrogens (tertiary/aromatic N) is 5. The number of hydrogen-bond donors (Lipinski definition) is 0. The molecule has 2 amide bonds. The number of fused-ring (bicyclic) bond motifs is 5. The van der Waals surface area contributed by atoms with Crippen LogP contribution in [0.4, 0.5) is 0 Å². The van der Waals surface area contributed by atoms with E-state index in [1.165, 1.54) is 0 Å². The maximum absolute atomic E-state index is 13.8. The molecule has 168 valence electrons. The number of aromatic nitrogens is 2. The molecule has 2 bridgehead atoms. The van der Waals surface area contributed by atoms with Crippen molar-refractivity contribution >= 4 is 11.8 Å². The van der Waals surface area contributed by atoms with E-state index in [-0.39, 0.29) is 29.8 Å². The van der Waals surface area contributed by atoms with Crippen LogP contribution in [0.5, 0.6) is 0 Å². The van der Waals surface area contributed by atoms with Gasteiger partial charge in [0.05, 0.1) is 19.5 Å². The van der Waals surface area contributed by atoms with Gasteiger partial charge in [0.15, 0.2) is 0 Å². The molecule has 0 radical (unpaired) electrons. The molecule has 6 heterocycles. The zero-order valence-corrected chi connectivity index (χ0v) is 18.1. The van der Waals surface area contributed by atoms with Gasteiger partial charge in [0.2, 0.25) is 11.8 Å². The summed E-state index contributed by atoms with van der Waals surface area (Å²) in [5.41, 5.74) is 0. The first-order valence-electron chi connectivity index (χ1n) is 12.0. The van der Waals surface area contributed by atoms with E-state index in [9.17, 15) is 9.59 Å². The number of piperidine rings is 3. The van der Waals surface area contributed by atoms with Crippen molar-refractivity contribution < 1.29 is 14.3 Å². The number of ether oxygens (including phenoxy) is 1. The lowest BCUT2D eigenvalue weighted by atomic mass is 9.71. The topological polar surface area (TPSA) is 70.9 Å². The maximum Gasteiger partial charge on any atom is 0.245 e. The smallest absolute Gasteiger partial charge is 0.245 e. The molecule has 0 spiro atoms. The normalized spacial score (nSPS) is 37.7. The lowest BCUT2D eigenvalue weighted by Crippen LogP contribution is -2.68. The molecule has 31 heavy (non-hydrogen) atoms. The minimum absolute atomic E-state index is 0.203. The summed E-state index contributed by atoms with van der Waals surface area (Å²) in [5, 5.41) is 0. The molecule has 6 rings (SSSR count). The molecule has 0 aromatic carbocycles. The number of likely N-dealkylation sites (tertiary alicyclic amines) is 2. The number of hydrogen-bond acceptors (Lipinski definition) is 5. The lowest BCUT2D eigenvalue weighted by Gasteiger charge is -2.56. The summed E-state index contributed by atoms with van der Waals surface area (Å²) in [5.74, 6) is 2.09. The molecule has 6 atom stereocenters. The van der Waals surface area contributed by atoms with Crippen molar-refractivity contribution in [2.45, 2.75) is 44.3 Å². The molecule has 1 aromatic heterocycles. The number of imidazole rings is 1. The van der Waals surface area contributed by atoms with E-state index in [1.807, 2.05) is 18.7 Å². The fourth-order valence-electron chi connectivity index (χ4n) is 6.98. The molecule has 0 aliphatic carbocycles. The first-order chi connectivity index (χ1) is 15.2. The highest BCUT2D eigenvalue weighted by atomic mass is 16.5. The molecule has 8 nitrogen and oxygen atoms in total. The van der Waals surface area contributed by atoms with Gasteiger partial charge in [0.1, 0.15) is 6.04 Å². The Labute approximate surface area is 183 Å². The summed E-state index contributed by atoms with van der Waals surface area (Å²) in [4.78, 5) is 37.7. The minimum Gasteiger partial charge on any atom is -0.381 e. The highest BCUT2D eigenvalue weighted by Crippen LogP contribution is 2.43. The molecule has 0 N–H and O–H groups in total. The second-order valence-electron chi connectivity index (χ2n) is 10.3. The molecule has 0 saturated carbocycles. The zero-order chi connectivity index (χ0) is 20.9.